The van der Waals surface area contributed by atoms with E-state index in [0.717, 1.165) is 44.3 Å². The number of ketones is 2. The highest BCUT2D eigenvalue weighted by Gasteiger charge is 2.51. The number of aromatic nitrogens is 2. The molecule has 4 N–H and O–H groups in total. The van der Waals surface area contributed by atoms with Gasteiger partial charge in [0.05, 0.1) is 11.8 Å². The Bertz CT molecular complexity index is 1470. The third-order valence-corrected chi connectivity index (χ3v) is 7.53. The first-order valence-electron chi connectivity index (χ1n) is 13.1. The van der Waals surface area contributed by atoms with E-state index in [9.17, 15) is 19.8 Å². The van der Waals surface area contributed by atoms with E-state index in [2.05, 4.69) is 9.97 Å². The van der Waals surface area contributed by atoms with Gasteiger partial charge in [-0.15, -0.1) is 0 Å². The lowest BCUT2D eigenvalue weighted by Crippen LogP contribution is -2.51. The average Bonchev–Trinajstić information content (AvgIpc) is 3.44. The molecule has 1 saturated carbocycles. The summed E-state index contributed by atoms with van der Waals surface area (Å²) >= 11 is 0. The maximum absolute atomic E-state index is 13.9. The maximum Gasteiger partial charge on any atom is 0.172 e. The topological polar surface area (TPSA) is 106 Å². The molecule has 38 heavy (non-hydrogen) atoms. The van der Waals surface area contributed by atoms with Crippen molar-refractivity contribution >= 4 is 33.4 Å². The molecule has 6 nitrogen and oxygen atoms in total. The summed E-state index contributed by atoms with van der Waals surface area (Å²) in [4.78, 5) is 34.6. The monoisotopic (exact) mass is 510 g/mol. The van der Waals surface area contributed by atoms with E-state index in [1.54, 1.807) is 0 Å². The molecule has 2 aromatic heterocycles. The van der Waals surface area contributed by atoms with Crippen molar-refractivity contribution in [3.05, 3.63) is 94.3 Å². The molecule has 1 fully saturated rings. The fourth-order valence-corrected chi connectivity index (χ4v) is 5.69. The predicted molar refractivity (Wildman–Crippen MR) is 150 cm³/mol. The van der Waals surface area contributed by atoms with Crippen LogP contribution in [-0.2, 0) is 22.4 Å². The van der Waals surface area contributed by atoms with Gasteiger partial charge in [0, 0.05) is 46.0 Å². The number of aliphatic hydroxyl groups excluding tert-OH is 2. The zero-order valence-electron chi connectivity index (χ0n) is 22.2. The van der Waals surface area contributed by atoms with Crippen molar-refractivity contribution in [1.29, 1.82) is 0 Å². The van der Waals surface area contributed by atoms with Crippen molar-refractivity contribution in [2.45, 2.75) is 64.6 Å². The molecule has 0 saturated heterocycles. The van der Waals surface area contributed by atoms with E-state index in [0.29, 0.717) is 24.0 Å². The van der Waals surface area contributed by atoms with Gasteiger partial charge in [-0.25, -0.2) is 0 Å². The maximum atomic E-state index is 13.9. The van der Waals surface area contributed by atoms with Gasteiger partial charge in [0.15, 0.2) is 11.6 Å². The SMILES string of the molecule is CC(C)=CCc1[nH]c2ccccc2c1C1C(=O)C(O)C(c2c(CC=C(C)C)[nH]c3ccccc23)C(=O)C1O. The molecule has 6 heteroatoms. The minimum absolute atomic E-state index is 0.520. The van der Waals surface area contributed by atoms with E-state index >= 15 is 0 Å². The normalized spacial score (nSPS) is 21.7. The molecule has 0 radical (unpaired) electrons. The molecule has 1 aliphatic carbocycles. The molecule has 2 aromatic carbocycles. The number of hydrogen-bond donors (Lipinski definition) is 4. The van der Waals surface area contributed by atoms with Crippen molar-refractivity contribution < 1.29 is 19.8 Å². The zero-order valence-corrected chi connectivity index (χ0v) is 22.2. The van der Waals surface area contributed by atoms with Gasteiger partial charge in [0.25, 0.3) is 0 Å². The minimum atomic E-state index is -1.58. The van der Waals surface area contributed by atoms with Gasteiger partial charge in [-0.2, -0.15) is 0 Å². The molecular formula is C32H34N2O4. The van der Waals surface area contributed by atoms with Crippen molar-refractivity contribution in [3.63, 3.8) is 0 Å². The molecule has 0 bridgehead atoms. The quantitative estimate of drug-likeness (QED) is 0.260. The Kier molecular flexibility index (Phi) is 6.95. The molecule has 4 aromatic rings. The Morgan fingerprint density at radius 1 is 0.684 bits per heavy atom. The number of rotatable bonds is 6. The number of aromatic amines is 2. The van der Waals surface area contributed by atoms with Gasteiger partial charge in [-0.1, -0.05) is 59.7 Å². The highest BCUT2D eigenvalue weighted by atomic mass is 16.3. The summed E-state index contributed by atoms with van der Waals surface area (Å²) in [7, 11) is 0. The number of Topliss-reactive ketones (excluding diaryl/α,β-unsaturated/α-hetero) is 2. The molecule has 5 rings (SSSR count). The van der Waals surface area contributed by atoms with Crippen LogP contribution in [-0.4, -0.2) is 44.0 Å². The summed E-state index contributed by atoms with van der Waals surface area (Å²) < 4.78 is 0. The minimum Gasteiger partial charge on any atom is -0.384 e. The van der Waals surface area contributed by atoms with E-state index in [1.165, 1.54) is 0 Å². The second-order valence-electron chi connectivity index (χ2n) is 10.7. The lowest BCUT2D eigenvalue weighted by molar-refractivity contribution is -0.149. The number of para-hydroxylation sites is 2. The number of nitrogens with one attached hydrogen (secondary N) is 2. The van der Waals surface area contributed by atoms with Crippen LogP contribution in [0.3, 0.4) is 0 Å². The summed E-state index contributed by atoms with van der Waals surface area (Å²) in [6.45, 7) is 7.98. The predicted octanol–water partition coefficient (Wildman–Crippen LogP) is 5.41. The second kappa shape index (κ2) is 10.2. The Balaban J connectivity index is 1.63. The number of carbonyl (C=O) groups excluding carboxylic acids is 2. The van der Waals surface area contributed by atoms with E-state index < -0.39 is 35.6 Å². The van der Waals surface area contributed by atoms with Crippen LogP contribution < -0.4 is 0 Å². The summed E-state index contributed by atoms with van der Waals surface area (Å²) in [5, 5.41) is 24.5. The highest BCUT2D eigenvalue weighted by Crippen LogP contribution is 2.43. The van der Waals surface area contributed by atoms with Crippen LogP contribution in [0.5, 0.6) is 0 Å². The highest BCUT2D eigenvalue weighted by molar-refractivity contribution is 6.10. The number of H-pyrrole nitrogens is 2. The van der Waals surface area contributed by atoms with Gasteiger partial charge < -0.3 is 20.2 Å². The lowest BCUT2D eigenvalue weighted by atomic mass is 9.69. The van der Waals surface area contributed by atoms with Crippen LogP contribution >= 0.6 is 0 Å². The third-order valence-electron chi connectivity index (χ3n) is 7.53. The van der Waals surface area contributed by atoms with Gasteiger partial charge in [0.2, 0.25) is 0 Å². The molecule has 0 amide bonds. The van der Waals surface area contributed by atoms with Gasteiger partial charge in [-0.3, -0.25) is 9.59 Å². The molecule has 4 unspecified atom stereocenters. The molecule has 4 atom stereocenters. The Morgan fingerprint density at radius 3 is 1.42 bits per heavy atom. The van der Waals surface area contributed by atoms with Crippen LogP contribution in [0.4, 0.5) is 0 Å². The van der Waals surface area contributed by atoms with Crippen LogP contribution in [0.25, 0.3) is 21.8 Å². The van der Waals surface area contributed by atoms with Crippen molar-refractivity contribution in [3.8, 4) is 0 Å². The number of fused-ring (bicyclic) bond motifs is 2. The Labute approximate surface area is 222 Å². The standard InChI is InChI=1S/C32H34N2O4/c1-17(2)13-15-23-25(19-9-5-7-11-21(19)33-23)27-29(35)31(37)28(32(38)30(27)36)26-20-10-6-8-12-22(20)34-24(26)16-14-18(3)4/h5-14,27-29,32-35,38H,15-16H2,1-4H3. The lowest BCUT2D eigenvalue weighted by Gasteiger charge is -2.35. The second-order valence-corrected chi connectivity index (χ2v) is 10.7. The Morgan fingerprint density at radius 2 is 1.05 bits per heavy atom. The molecule has 0 spiro atoms. The molecule has 0 aliphatic heterocycles. The molecule has 1 aliphatic rings. The molecule has 196 valence electrons. The van der Waals surface area contributed by atoms with Crippen molar-refractivity contribution in [1.82, 2.24) is 9.97 Å². The first kappa shape index (κ1) is 25.9. The largest absolute Gasteiger partial charge is 0.384 e. The summed E-state index contributed by atoms with van der Waals surface area (Å²) in [5.74, 6) is -3.39. The van der Waals surface area contributed by atoms with E-state index in [4.69, 9.17) is 0 Å². The number of benzene rings is 2. The number of allylic oxidation sites excluding steroid dienone is 4. The fourth-order valence-electron chi connectivity index (χ4n) is 5.69. The number of aliphatic hydroxyl groups is 2. The van der Waals surface area contributed by atoms with Gasteiger partial charge in [0.1, 0.15) is 12.2 Å². The van der Waals surface area contributed by atoms with Crippen molar-refractivity contribution in [2.24, 2.45) is 0 Å². The number of hydrogen-bond acceptors (Lipinski definition) is 4. The van der Waals surface area contributed by atoms with Gasteiger partial charge in [-0.05, 0) is 51.0 Å². The summed E-state index contributed by atoms with van der Waals surface area (Å²) in [5.41, 5.74) is 6.58. The van der Waals surface area contributed by atoms with Crippen molar-refractivity contribution in [2.75, 3.05) is 0 Å². The Hall–Kier alpha value is -3.74. The average molecular weight is 511 g/mol. The van der Waals surface area contributed by atoms with E-state index in [-0.39, 0.29) is 0 Å². The van der Waals surface area contributed by atoms with Gasteiger partial charge >= 0.3 is 0 Å². The summed E-state index contributed by atoms with van der Waals surface area (Å²) in [6.07, 6.45) is 1.96. The molecule has 2 heterocycles. The van der Waals surface area contributed by atoms with Crippen LogP contribution in [0.2, 0.25) is 0 Å². The third kappa shape index (κ3) is 4.44. The fraction of sp³-hybridized carbons (Fsp3) is 0.312. The van der Waals surface area contributed by atoms with E-state index in [1.807, 2.05) is 88.4 Å². The molecular weight excluding hydrogens is 476 g/mol. The zero-order chi connectivity index (χ0) is 27.1. The smallest absolute Gasteiger partial charge is 0.172 e. The summed E-state index contributed by atoms with van der Waals surface area (Å²) in [6, 6.07) is 15.1. The van der Waals surface area contributed by atoms with Crippen LogP contribution in [0.15, 0.2) is 71.8 Å². The number of carbonyl (C=O) groups is 2. The van der Waals surface area contributed by atoms with Crippen LogP contribution in [0, 0.1) is 0 Å². The van der Waals surface area contributed by atoms with Crippen LogP contribution in [0.1, 0.15) is 62.0 Å². The first-order chi connectivity index (χ1) is 18.2. The first-order valence-corrected chi connectivity index (χ1v) is 13.1.